The highest BCUT2D eigenvalue weighted by Gasteiger charge is 2.46. The molecule has 2 heterocycles. The molecule has 1 unspecified atom stereocenters. The molecule has 0 aliphatic carbocycles. The third-order valence-electron chi connectivity index (χ3n) is 6.60. The fourth-order valence-corrected chi connectivity index (χ4v) is 4.69. The minimum atomic E-state index is -4.87. The largest absolute Gasteiger partial charge is 0.573 e. The Kier molecular flexibility index (Phi) is 6.44. The van der Waals surface area contributed by atoms with Gasteiger partial charge in [-0.25, -0.2) is 0 Å². The van der Waals surface area contributed by atoms with Gasteiger partial charge in [-0.05, 0) is 55.0 Å². The van der Waals surface area contributed by atoms with E-state index in [0.717, 1.165) is 27.4 Å². The highest BCUT2D eigenvalue weighted by Crippen LogP contribution is 2.34. The molecule has 196 valence electrons. The standard InChI is InChI=1S/C30H21F3N2O4/c1-18-13-19(10-12-26(18)39-30(31,32)33)7-8-20-9-11-23-24(14-20)28(38)35(27(23)37)29(2,17-36)15-21-16-34-25-6-4-3-5-22(21)25/h1,3-6,9-14,16,34,36H,15,17H2,2H3. The van der Waals surface area contributed by atoms with E-state index in [0.29, 0.717) is 11.1 Å². The van der Waals surface area contributed by atoms with E-state index < -0.39 is 36.1 Å². The highest BCUT2D eigenvalue weighted by atomic mass is 19.4. The average Bonchev–Trinajstić information content (AvgIpc) is 3.41. The first-order valence-electron chi connectivity index (χ1n) is 11.9. The summed E-state index contributed by atoms with van der Waals surface area (Å²) in [6.45, 7) is 6.87. The summed E-state index contributed by atoms with van der Waals surface area (Å²) in [4.78, 5) is 31.0. The summed E-state index contributed by atoms with van der Waals surface area (Å²) >= 11 is 0. The fourth-order valence-electron chi connectivity index (χ4n) is 4.69. The van der Waals surface area contributed by atoms with Gasteiger partial charge in [0.2, 0.25) is 0 Å². The van der Waals surface area contributed by atoms with Gasteiger partial charge in [-0.1, -0.05) is 30.0 Å². The molecule has 4 aromatic rings. The third-order valence-corrected chi connectivity index (χ3v) is 6.60. The molecule has 2 amide bonds. The number of aromatic amines is 1. The number of aliphatic hydroxyl groups excluding tert-OH is 1. The molecular weight excluding hydrogens is 509 g/mol. The van der Waals surface area contributed by atoms with E-state index in [9.17, 15) is 27.9 Å². The number of ether oxygens (including phenoxy) is 1. The number of nitrogens with zero attached hydrogens (tertiary/aromatic N) is 1. The zero-order valence-corrected chi connectivity index (χ0v) is 20.6. The minimum Gasteiger partial charge on any atom is -0.405 e. The number of aromatic nitrogens is 1. The molecule has 1 aliphatic heterocycles. The lowest BCUT2D eigenvalue weighted by molar-refractivity contribution is -0.274. The number of hydrogen-bond acceptors (Lipinski definition) is 4. The monoisotopic (exact) mass is 530 g/mol. The molecule has 5 rings (SSSR count). The number of hydrogen-bond donors (Lipinski definition) is 2. The molecule has 0 fully saturated rings. The first-order chi connectivity index (χ1) is 18.5. The molecule has 0 bridgehead atoms. The van der Waals surface area contributed by atoms with Crippen LogP contribution in [0, 0.1) is 18.8 Å². The minimum absolute atomic E-state index is 0.152. The topological polar surface area (TPSA) is 82.6 Å². The number of carbonyl (C=O) groups is 2. The number of aliphatic hydroxyl groups is 1. The molecular formula is C30H21F3N2O4. The van der Waals surface area contributed by atoms with Crippen molar-refractivity contribution in [2.45, 2.75) is 25.2 Å². The number of benzene rings is 3. The van der Waals surface area contributed by atoms with Crippen LogP contribution in [0.3, 0.4) is 0 Å². The van der Waals surface area contributed by atoms with Crippen molar-refractivity contribution in [3.63, 3.8) is 0 Å². The van der Waals surface area contributed by atoms with E-state index >= 15 is 0 Å². The number of H-pyrrole nitrogens is 1. The second kappa shape index (κ2) is 9.64. The van der Waals surface area contributed by atoms with Gasteiger partial charge in [-0.3, -0.25) is 14.5 Å². The van der Waals surface area contributed by atoms with E-state index in [4.69, 9.17) is 6.92 Å². The number of carbonyl (C=O) groups excluding carboxylic acids is 2. The van der Waals surface area contributed by atoms with Crippen LogP contribution in [-0.4, -0.2) is 45.3 Å². The SMILES string of the molecule is [CH]c1cc(C#Cc2ccc3c(c2)C(=O)N(C(C)(CO)Cc2c[nH]c4ccccc24)C3=O)ccc1OC(F)(F)F. The molecule has 1 aromatic heterocycles. The van der Waals surface area contributed by atoms with Crippen LogP contribution < -0.4 is 4.74 Å². The molecule has 39 heavy (non-hydrogen) atoms. The number of imide groups is 1. The third kappa shape index (κ3) is 4.99. The highest BCUT2D eigenvalue weighted by molar-refractivity contribution is 6.22. The number of nitrogens with one attached hydrogen (secondary N) is 1. The maximum atomic E-state index is 13.4. The Morgan fingerprint density at radius 1 is 0.974 bits per heavy atom. The van der Waals surface area contributed by atoms with E-state index in [2.05, 4.69) is 21.6 Å². The van der Waals surface area contributed by atoms with Crippen LogP contribution >= 0.6 is 0 Å². The molecule has 6 nitrogen and oxygen atoms in total. The first kappa shape index (κ1) is 26.1. The number of rotatable bonds is 5. The second-order valence-corrected chi connectivity index (χ2v) is 9.45. The van der Waals surface area contributed by atoms with Crippen LogP contribution in [0.4, 0.5) is 13.2 Å². The van der Waals surface area contributed by atoms with Crippen LogP contribution in [0.2, 0.25) is 0 Å². The van der Waals surface area contributed by atoms with Gasteiger partial charge in [0, 0.05) is 47.1 Å². The fraction of sp³-hybridized carbons (Fsp3) is 0.167. The smallest absolute Gasteiger partial charge is 0.405 e. The van der Waals surface area contributed by atoms with Crippen molar-refractivity contribution in [3.8, 4) is 17.6 Å². The molecule has 9 heteroatoms. The van der Waals surface area contributed by atoms with Gasteiger partial charge in [0.25, 0.3) is 11.8 Å². The van der Waals surface area contributed by atoms with Crippen LogP contribution in [0.1, 0.15) is 49.9 Å². The predicted molar refractivity (Wildman–Crippen MR) is 137 cm³/mol. The lowest BCUT2D eigenvalue weighted by atomic mass is 9.91. The van der Waals surface area contributed by atoms with Gasteiger partial charge < -0.3 is 14.8 Å². The zero-order chi connectivity index (χ0) is 27.9. The van der Waals surface area contributed by atoms with Crippen LogP contribution in [-0.2, 0) is 6.42 Å². The molecule has 0 spiro atoms. The summed E-state index contributed by atoms with van der Waals surface area (Å²) in [7, 11) is 0. The van der Waals surface area contributed by atoms with Crippen LogP contribution in [0.15, 0.2) is 66.9 Å². The second-order valence-electron chi connectivity index (χ2n) is 9.45. The van der Waals surface area contributed by atoms with Gasteiger partial charge in [-0.2, -0.15) is 0 Å². The normalized spacial score (nSPS) is 14.7. The van der Waals surface area contributed by atoms with Crippen molar-refractivity contribution in [1.82, 2.24) is 9.88 Å². The summed E-state index contributed by atoms with van der Waals surface area (Å²) in [6.07, 6.45) is -2.83. The number of alkyl halides is 3. The Morgan fingerprint density at radius 3 is 2.33 bits per heavy atom. The van der Waals surface area contributed by atoms with Crippen molar-refractivity contribution in [3.05, 3.63) is 107 Å². The number of para-hydroxylation sites is 1. The van der Waals surface area contributed by atoms with Crippen molar-refractivity contribution in [2.24, 2.45) is 0 Å². The molecule has 0 saturated carbocycles. The van der Waals surface area contributed by atoms with Gasteiger partial charge in [0.1, 0.15) is 5.75 Å². The Labute approximate surface area is 222 Å². The van der Waals surface area contributed by atoms with Gasteiger partial charge >= 0.3 is 6.36 Å². The van der Waals surface area contributed by atoms with E-state index in [1.54, 1.807) is 19.2 Å². The number of halogens is 3. The summed E-state index contributed by atoms with van der Waals surface area (Å²) in [5.41, 5.74) is 1.41. The Hall–Kier alpha value is -4.55. The van der Waals surface area contributed by atoms with Gasteiger partial charge in [0.15, 0.2) is 0 Å². The summed E-state index contributed by atoms with van der Waals surface area (Å²) < 4.78 is 41.2. The van der Waals surface area contributed by atoms with Gasteiger partial charge in [-0.15, -0.1) is 13.2 Å². The summed E-state index contributed by atoms with van der Waals surface area (Å²) in [6, 6.07) is 15.8. The van der Waals surface area contributed by atoms with E-state index in [1.807, 2.05) is 24.3 Å². The lowest BCUT2D eigenvalue weighted by Gasteiger charge is -2.35. The lowest BCUT2D eigenvalue weighted by Crippen LogP contribution is -2.53. The van der Waals surface area contributed by atoms with Gasteiger partial charge in [0.05, 0.1) is 23.3 Å². The zero-order valence-electron chi connectivity index (χ0n) is 20.6. The number of fused-ring (bicyclic) bond motifs is 2. The Bertz CT molecular complexity index is 1680. The van der Waals surface area contributed by atoms with Crippen LogP contribution in [0.5, 0.6) is 5.75 Å². The maximum Gasteiger partial charge on any atom is 0.573 e. The van der Waals surface area contributed by atoms with Crippen molar-refractivity contribution >= 4 is 22.7 Å². The van der Waals surface area contributed by atoms with Crippen molar-refractivity contribution in [1.29, 1.82) is 0 Å². The molecule has 2 radical (unpaired) electrons. The molecule has 3 aromatic carbocycles. The Morgan fingerprint density at radius 2 is 1.64 bits per heavy atom. The summed E-state index contributed by atoms with van der Waals surface area (Å²) in [5.74, 6) is 4.03. The summed E-state index contributed by atoms with van der Waals surface area (Å²) in [5, 5.41) is 11.3. The predicted octanol–water partition coefficient (Wildman–Crippen LogP) is 5.12. The molecule has 0 saturated heterocycles. The van der Waals surface area contributed by atoms with Crippen LogP contribution in [0.25, 0.3) is 10.9 Å². The molecule has 1 aliphatic rings. The van der Waals surface area contributed by atoms with E-state index in [1.165, 1.54) is 24.3 Å². The maximum absolute atomic E-state index is 13.4. The number of amides is 2. The van der Waals surface area contributed by atoms with Crippen molar-refractivity contribution in [2.75, 3.05) is 6.61 Å². The average molecular weight is 531 g/mol. The molecule has 2 N–H and O–H groups in total. The van der Waals surface area contributed by atoms with Crippen molar-refractivity contribution < 1.29 is 32.6 Å². The molecule has 1 atom stereocenters. The quantitative estimate of drug-likeness (QED) is 0.277. The Balaban J connectivity index is 1.40. The van der Waals surface area contributed by atoms with E-state index in [-0.39, 0.29) is 23.1 Å². The first-order valence-corrected chi connectivity index (χ1v) is 11.9.